The molecule has 0 aliphatic heterocycles. The first kappa shape index (κ1) is 32.2. The normalized spacial score (nSPS) is 11.5. The van der Waals surface area contributed by atoms with E-state index in [9.17, 15) is 14.4 Å². The Morgan fingerprint density at radius 3 is 1.43 bits per heavy atom. The summed E-state index contributed by atoms with van der Waals surface area (Å²) in [6.45, 7) is 2.25. The van der Waals surface area contributed by atoms with Crippen molar-refractivity contribution in [3.63, 3.8) is 0 Å². The molecule has 0 aliphatic carbocycles. The molecule has 0 heterocycles. The minimum atomic E-state index is -1.18. The summed E-state index contributed by atoms with van der Waals surface area (Å²) in [5.41, 5.74) is 0. The number of carboxylic acid groups (broad SMARTS) is 2. The second-order valence-corrected chi connectivity index (χ2v) is 8.09. The molecule has 0 saturated carbocycles. The summed E-state index contributed by atoms with van der Waals surface area (Å²) in [5, 5.41) is 20.1. The predicted molar refractivity (Wildman–Crippen MR) is 123 cm³/mol. The number of carboxylic acids is 2. The Hall–Kier alpha value is 0.0464. The van der Waals surface area contributed by atoms with E-state index >= 15 is 0 Å². The molecule has 0 aromatic rings. The number of carbonyl (C=O) groups excluding carboxylic acids is 1. The monoisotopic (exact) mass is 453 g/mol. The number of aliphatic carboxylic acids is 2. The van der Waals surface area contributed by atoms with Crippen LogP contribution in [0.1, 0.15) is 122 Å². The Bertz CT molecular complexity index is 445. The molecule has 0 fully saturated rings. The fourth-order valence-electron chi connectivity index (χ4n) is 3.45. The average molecular weight is 454 g/mol. The van der Waals surface area contributed by atoms with Gasteiger partial charge < -0.3 is 15.5 Å². The maximum atomic E-state index is 11.8. The van der Waals surface area contributed by atoms with E-state index in [1.807, 2.05) is 0 Å². The summed E-state index contributed by atoms with van der Waals surface area (Å²) in [5.74, 6) is -2.55. The molecule has 3 N–H and O–H groups in total. The first-order chi connectivity index (χ1) is 14.0. The van der Waals surface area contributed by atoms with Crippen molar-refractivity contribution in [1.82, 2.24) is 5.32 Å². The van der Waals surface area contributed by atoms with Crippen LogP contribution in [0.15, 0.2) is 0 Å². The summed E-state index contributed by atoms with van der Waals surface area (Å²) in [7, 11) is 0. The zero-order valence-electron chi connectivity index (χ0n) is 18.4. The van der Waals surface area contributed by atoms with Gasteiger partial charge in [0.25, 0.3) is 0 Å². The van der Waals surface area contributed by atoms with E-state index in [0.29, 0.717) is 6.42 Å². The molecular formula is C23H44KNO5. The van der Waals surface area contributed by atoms with Crippen LogP contribution >= 0.6 is 0 Å². The summed E-state index contributed by atoms with van der Waals surface area (Å²) < 4.78 is 0. The molecule has 0 spiro atoms. The van der Waals surface area contributed by atoms with E-state index in [2.05, 4.69) is 12.2 Å². The Kier molecular flexibility index (Phi) is 25.5. The number of rotatable bonds is 21. The van der Waals surface area contributed by atoms with Crippen LogP contribution < -0.4 is 5.32 Å². The number of hydrogen-bond donors (Lipinski definition) is 3. The second-order valence-electron chi connectivity index (χ2n) is 8.09. The van der Waals surface area contributed by atoms with Crippen molar-refractivity contribution in [1.29, 1.82) is 0 Å². The number of hydrogen-bond acceptors (Lipinski definition) is 3. The molecule has 0 aromatic heterocycles. The fraction of sp³-hybridized carbons (Fsp3) is 0.870. The van der Waals surface area contributed by atoms with Crippen LogP contribution in [0.5, 0.6) is 0 Å². The van der Waals surface area contributed by atoms with Crippen LogP contribution in [0.3, 0.4) is 0 Å². The third-order valence-electron chi connectivity index (χ3n) is 5.29. The molecule has 1 amide bonds. The molecule has 172 valence electrons. The van der Waals surface area contributed by atoms with Crippen LogP contribution in [-0.4, -0.2) is 85.5 Å². The molecule has 1 unspecified atom stereocenters. The van der Waals surface area contributed by atoms with Crippen LogP contribution in [0.2, 0.25) is 0 Å². The summed E-state index contributed by atoms with van der Waals surface area (Å²) in [6, 6.07) is -1.12. The molecule has 1 atom stereocenters. The van der Waals surface area contributed by atoms with Gasteiger partial charge in [0.2, 0.25) is 5.91 Å². The van der Waals surface area contributed by atoms with Crippen LogP contribution in [0.25, 0.3) is 0 Å². The molecule has 0 bridgehead atoms. The molecule has 30 heavy (non-hydrogen) atoms. The molecule has 6 nitrogen and oxygen atoms in total. The topological polar surface area (TPSA) is 104 Å². The van der Waals surface area contributed by atoms with Gasteiger partial charge in [0.05, 0.1) is 0 Å². The van der Waals surface area contributed by atoms with Crippen molar-refractivity contribution in [2.45, 2.75) is 129 Å². The average Bonchev–Trinajstić information content (AvgIpc) is 2.67. The van der Waals surface area contributed by atoms with Gasteiger partial charge in [-0.15, -0.1) is 0 Å². The number of amides is 1. The first-order valence-electron chi connectivity index (χ1n) is 11.7. The first-order valence-corrected chi connectivity index (χ1v) is 11.7. The predicted octanol–water partition coefficient (Wildman–Crippen LogP) is 5.03. The van der Waals surface area contributed by atoms with Gasteiger partial charge in [0.15, 0.2) is 0 Å². The van der Waals surface area contributed by atoms with Gasteiger partial charge in [-0.25, -0.2) is 4.79 Å². The number of carbonyl (C=O) groups is 3. The van der Waals surface area contributed by atoms with E-state index in [0.717, 1.165) is 19.3 Å². The van der Waals surface area contributed by atoms with E-state index in [-0.39, 0.29) is 70.1 Å². The maximum absolute atomic E-state index is 11.8. The zero-order valence-corrected chi connectivity index (χ0v) is 18.4. The number of unbranched alkanes of at least 4 members (excludes halogenated alkanes) is 14. The van der Waals surface area contributed by atoms with Gasteiger partial charge in [-0.05, 0) is 12.8 Å². The van der Waals surface area contributed by atoms with Crippen LogP contribution in [0, 0.1) is 0 Å². The summed E-state index contributed by atoms with van der Waals surface area (Å²) in [4.78, 5) is 33.4. The minimum absolute atomic E-state index is 0. The van der Waals surface area contributed by atoms with Crippen molar-refractivity contribution in [3.8, 4) is 0 Å². The fourth-order valence-corrected chi connectivity index (χ4v) is 3.45. The Morgan fingerprint density at radius 2 is 1.07 bits per heavy atom. The van der Waals surface area contributed by atoms with Gasteiger partial charge in [-0.2, -0.15) is 0 Å². The van der Waals surface area contributed by atoms with Crippen LogP contribution in [-0.2, 0) is 14.4 Å². The quantitative estimate of drug-likeness (QED) is 0.167. The Balaban J connectivity index is 0. The van der Waals surface area contributed by atoms with Crippen molar-refractivity contribution < 1.29 is 24.6 Å². The summed E-state index contributed by atoms with van der Waals surface area (Å²) >= 11 is 0. The van der Waals surface area contributed by atoms with E-state index < -0.39 is 18.0 Å². The van der Waals surface area contributed by atoms with Crippen LogP contribution in [0.4, 0.5) is 0 Å². The Morgan fingerprint density at radius 1 is 0.667 bits per heavy atom. The van der Waals surface area contributed by atoms with Gasteiger partial charge >= 0.3 is 63.3 Å². The molecule has 7 heteroatoms. The van der Waals surface area contributed by atoms with Gasteiger partial charge in [0.1, 0.15) is 6.04 Å². The third kappa shape index (κ3) is 22.7. The van der Waals surface area contributed by atoms with Crippen molar-refractivity contribution >= 4 is 69.2 Å². The third-order valence-corrected chi connectivity index (χ3v) is 5.29. The van der Waals surface area contributed by atoms with Gasteiger partial charge in [0, 0.05) is 12.8 Å². The molecule has 0 aromatic carbocycles. The molecular weight excluding hydrogens is 409 g/mol. The van der Waals surface area contributed by atoms with Gasteiger partial charge in [-0.3, -0.25) is 9.59 Å². The van der Waals surface area contributed by atoms with E-state index in [4.69, 9.17) is 10.2 Å². The zero-order chi connectivity index (χ0) is 21.7. The molecule has 0 radical (unpaired) electrons. The summed E-state index contributed by atoms with van der Waals surface area (Å²) in [6.07, 6.45) is 18.8. The second kappa shape index (κ2) is 23.7. The van der Waals surface area contributed by atoms with E-state index in [1.165, 1.54) is 77.0 Å². The van der Waals surface area contributed by atoms with Gasteiger partial charge in [-0.1, -0.05) is 96.8 Å². The standard InChI is InChI=1S/C23H43NO5.K.H/c1-2-3-4-5-6-7-8-9-10-11-12-13-14-15-16-17-21(25)24-20(23(28)29)18-19-22(26)27;;/h20H,2-19H2,1H3,(H,24,25)(H,26,27)(H,28,29);;. The Labute approximate surface area is 225 Å². The van der Waals surface area contributed by atoms with Crippen molar-refractivity contribution in [2.75, 3.05) is 0 Å². The molecule has 0 rings (SSSR count). The SMILES string of the molecule is CCCCCCCCCCCCCCCCCC(=O)NC(CCC(=O)O)C(=O)O.[KH]. The van der Waals surface area contributed by atoms with Crippen molar-refractivity contribution in [2.24, 2.45) is 0 Å². The molecule has 0 saturated heterocycles. The number of nitrogens with one attached hydrogen (secondary N) is 1. The van der Waals surface area contributed by atoms with Crippen molar-refractivity contribution in [3.05, 3.63) is 0 Å². The van der Waals surface area contributed by atoms with E-state index in [1.54, 1.807) is 0 Å². The molecule has 0 aliphatic rings.